The van der Waals surface area contributed by atoms with E-state index in [4.69, 9.17) is 10.5 Å². The number of nitrogens with two attached hydrogens (primary N) is 1. The van der Waals surface area contributed by atoms with E-state index < -0.39 is 0 Å². The highest BCUT2D eigenvalue weighted by molar-refractivity contribution is 7.14. The van der Waals surface area contributed by atoms with E-state index >= 15 is 0 Å². The van der Waals surface area contributed by atoms with Crippen LogP contribution in [0.15, 0.2) is 6.07 Å². The third kappa shape index (κ3) is 5.06. The molecule has 1 amide bonds. The molecule has 1 aromatic rings. The van der Waals surface area contributed by atoms with E-state index in [0.717, 1.165) is 17.9 Å². The molecule has 102 valence electrons. The molecule has 1 rings (SSSR count). The van der Waals surface area contributed by atoms with Crippen LogP contribution in [0.25, 0.3) is 0 Å². The molecule has 4 nitrogen and oxygen atoms in total. The Labute approximate surface area is 113 Å². The molecule has 0 spiro atoms. The molecular weight excluding hydrogens is 248 g/mol. The Hall–Kier alpha value is -1.07. The molecule has 0 saturated carbocycles. The molecule has 0 saturated heterocycles. The lowest BCUT2D eigenvalue weighted by atomic mass is 10.1. The van der Waals surface area contributed by atoms with Gasteiger partial charge < -0.3 is 15.8 Å². The summed E-state index contributed by atoms with van der Waals surface area (Å²) in [5, 5.41) is 2.82. The minimum Gasteiger partial charge on any atom is -0.398 e. The van der Waals surface area contributed by atoms with Gasteiger partial charge in [0.2, 0.25) is 0 Å². The normalized spacial score (nSPS) is 10.9. The highest BCUT2D eigenvalue weighted by atomic mass is 32.1. The second kappa shape index (κ2) is 7.38. The van der Waals surface area contributed by atoms with Crippen LogP contribution in [0.4, 0.5) is 5.69 Å². The largest absolute Gasteiger partial charge is 0.398 e. The van der Waals surface area contributed by atoms with Crippen molar-refractivity contribution in [3.63, 3.8) is 0 Å². The lowest BCUT2D eigenvalue weighted by Gasteiger charge is -2.07. The number of carbonyl (C=O) groups excluding carboxylic acids is 1. The number of anilines is 1. The van der Waals surface area contributed by atoms with Crippen LogP contribution >= 0.6 is 11.3 Å². The predicted octanol–water partition coefficient (Wildman–Crippen LogP) is 2.43. The van der Waals surface area contributed by atoms with Crippen molar-refractivity contribution in [1.82, 2.24) is 5.32 Å². The van der Waals surface area contributed by atoms with Crippen molar-refractivity contribution < 1.29 is 9.53 Å². The number of thiophene rings is 1. The molecule has 0 atom stereocenters. The number of carbonyl (C=O) groups is 1. The number of nitrogen functional groups attached to an aromatic ring is 1. The van der Waals surface area contributed by atoms with E-state index in [1.165, 1.54) is 11.3 Å². The smallest absolute Gasteiger partial charge is 0.261 e. The molecule has 0 fully saturated rings. The topological polar surface area (TPSA) is 64.3 Å². The first kappa shape index (κ1) is 15.0. The lowest BCUT2D eigenvalue weighted by Crippen LogP contribution is -2.26. The number of nitrogens with one attached hydrogen (secondary N) is 1. The standard InChI is InChI=1S/C13H22N2O2S/c1-9(2)4-6-17-7-5-15-13(16)12-8-11(14)10(3)18-12/h8-9H,4-7,14H2,1-3H3,(H,15,16). The van der Waals surface area contributed by atoms with Gasteiger partial charge in [0.05, 0.1) is 11.5 Å². The molecule has 0 aliphatic rings. The number of aryl methyl sites for hydroxylation is 1. The molecular formula is C13H22N2O2S. The number of hydrogen-bond acceptors (Lipinski definition) is 4. The summed E-state index contributed by atoms with van der Waals surface area (Å²) in [4.78, 5) is 13.4. The summed E-state index contributed by atoms with van der Waals surface area (Å²) in [6.07, 6.45) is 1.05. The number of amides is 1. The Balaban J connectivity index is 2.18. The maximum atomic E-state index is 11.7. The summed E-state index contributed by atoms with van der Waals surface area (Å²) in [6.45, 7) is 8.07. The Bertz CT molecular complexity index is 369. The molecule has 0 bridgehead atoms. The summed E-state index contributed by atoms with van der Waals surface area (Å²) in [7, 11) is 0. The van der Waals surface area contributed by atoms with Crippen LogP contribution in [0.5, 0.6) is 0 Å². The monoisotopic (exact) mass is 270 g/mol. The van der Waals surface area contributed by atoms with E-state index in [1.807, 2.05) is 6.92 Å². The summed E-state index contributed by atoms with van der Waals surface area (Å²) in [5.41, 5.74) is 6.39. The third-order valence-corrected chi connectivity index (χ3v) is 3.62. The minimum atomic E-state index is -0.0766. The first-order valence-electron chi connectivity index (χ1n) is 6.22. The van der Waals surface area contributed by atoms with Crippen LogP contribution in [0, 0.1) is 12.8 Å². The fourth-order valence-corrected chi connectivity index (χ4v) is 2.21. The van der Waals surface area contributed by atoms with E-state index in [-0.39, 0.29) is 5.91 Å². The fraction of sp³-hybridized carbons (Fsp3) is 0.615. The Morgan fingerprint density at radius 1 is 1.50 bits per heavy atom. The summed E-state index contributed by atoms with van der Waals surface area (Å²) in [5.74, 6) is 0.573. The van der Waals surface area contributed by atoms with Gasteiger partial charge in [0.1, 0.15) is 0 Å². The molecule has 0 unspecified atom stereocenters. The molecule has 1 heterocycles. The maximum absolute atomic E-state index is 11.7. The first-order chi connectivity index (χ1) is 8.50. The quantitative estimate of drug-likeness (QED) is 0.748. The third-order valence-electron chi connectivity index (χ3n) is 2.55. The van der Waals surface area contributed by atoms with Crippen molar-refractivity contribution in [2.45, 2.75) is 27.2 Å². The van der Waals surface area contributed by atoms with Crippen molar-refractivity contribution >= 4 is 22.9 Å². The van der Waals surface area contributed by atoms with Gasteiger partial charge >= 0.3 is 0 Å². The Morgan fingerprint density at radius 3 is 2.78 bits per heavy atom. The summed E-state index contributed by atoms with van der Waals surface area (Å²) >= 11 is 1.42. The van der Waals surface area contributed by atoms with Gasteiger partial charge in [-0.2, -0.15) is 0 Å². The highest BCUT2D eigenvalue weighted by Gasteiger charge is 2.09. The van der Waals surface area contributed by atoms with Crippen LogP contribution in [-0.4, -0.2) is 25.7 Å². The molecule has 1 aromatic heterocycles. The predicted molar refractivity (Wildman–Crippen MR) is 76.1 cm³/mol. The Kier molecular flexibility index (Phi) is 6.15. The van der Waals surface area contributed by atoms with Crippen LogP contribution in [0.3, 0.4) is 0 Å². The second-order valence-corrected chi connectivity index (χ2v) is 5.93. The van der Waals surface area contributed by atoms with Crippen molar-refractivity contribution in [2.75, 3.05) is 25.5 Å². The van der Waals surface area contributed by atoms with E-state index in [1.54, 1.807) is 6.07 Å². The van der Waals surface area contributed by atoms with Gasteiger partial charge in [-0.15, -0.1) is 11.3 Å². The van der Waals surface area contributed by atoms with Gasteiger partial charge in [0.15, 0.2) is 0 Å². The average molecular weight is 270 g/mol. The van der Waals surface area contributed by atoms with E-state index in [9.17, 15) is 4.79 Å². The Morgan fingerprint density at radius 2 is 2.22 bits per heavy atom. The van der Waals surface area contributed by atoms with Crippen molar-refractivity contribution in [3.05, 3.63) is 15.8 Å². The summed E-state index contributed by atoms with van der Waals surface area (Å²) < 4.78 is 5.42. The zero-order valence-corrected chi connectivity index (χ0v) is 12.1. The van der Waals surface area contributed by atoms with Gasteiger partial charge in [0, 0.05) is 23.7 Å². The molecule has 18 heavy (non-hydrogen) atoms. The SMILES string of the molecule is Cc1sc(C(=O)NCCOCCC(C)C)cc1N. The molecule has 0 aliphatic heterocycles. The van der Waals surface area contributed by atoms with E-state index in [0.29, 0.717) is 29.6 Å². The second-order valence-electron chi connectivity index (χ2n) is 4.67. The maximum Gasteiger partial charge on any atom is 0.261 e. The molecule has 0 radical (unpaired) electrons. The van der Waals surface area contributed by atoms with Crippen molar-refractivity contribution in [2.24, 2.45) is 5.92 Å². The highest BCUT2D eigenvalue weighted by Crippen LogP contribution is 2.22. The van der Waals surface area contributed by atoms with Crippen LogP contribution in [0.2, 0.25) is 0 Å². The fourth-order valence-electron chi connectivity index (χ4n) is 1.35. The van der Waals surface area contributed by atoms with Gasteiger partial charge in [-0.05, 0) is 25.3 Å². The number of rotatable bonds is 7. The zero-order valence-electron chi connectivity index (χ0n) is 11.3. The zero-order chi connectivity index (χ0) is 13.5. The van der Waals surface area contributed by atoms with Gasteiger partial charge in [-0.3, -0.25) is 4.79 Å². The number of ether oxygens (including phenoxy) is 1. The van der Waals surface area contributed by atoms with Gasteiger partial charge in [0.25, 0.3) is 5.91 Å². The van der Waals surface area contributed by atoms with Gasteiger partial charge in [-0.1, -0.05) is 13.8 Å². The lowest BCUT2D eigenvalue weighted by molar-refractivity contribution is 0.0909. The average Bonchev–Trinajstić information content (AvgIpc) is 2.63. The van der Waals surface area contributed by atoms with Crippen LogP contribution in [0.1, 0.15) is 34.8 Å². The molecule has 0 aromatic carbocycles. The first-order valence-corrected chi connectivity index (χ1v) is 7.04. The molecule has 3 N–H and O–H groups in total. The van der Waals surface area contributed by atoms with Crippen molar-refractivity contribution in [1.29, 1.82) is 0 Å². The summed E-state index contributed by atoms with van der Waals surface area (Å²) in [6, 6.07) is 1.72. The number of hydrogen-bond donors (Lipinski definition) is 2. The van der Waals surface area contributed by atoms with Crippen LogP contribution < -0.4 is 11.1 Å². The molecule has 0 aliphatic carbocycles. The van der Waals surface area contributed by atoms with Crippen molar-refractivity contribution in [3.8, 4) is 0 Å². The minimum absolute atomic E-state index is 0.0766. The van der Waals surface area contributed by atoms with Gasteiger partial charge in [-0.25, -0.2) is 0 Å². The van der Waals surface area contributed by atoms with E-state index in [2.05, 4.69) is 19.2 Å². The molecule has 5 heteroatoms. The van der Waals surface area contributed by atoms with Crippen LogP contribution in [-0.2, 0) is 4.74 Å².